The number of benzene rings is 1. The number of allylic oxidation sites excluding steroid dienone is 3. The van der Waals surface area contributed by atoms with E-state index in [9.17, 15) is 24.5 Å². The monoisotopic (exact) mass is 486 g/mol. The second-order valence-corrected chi connectivity index (χ2v) is 8.64. The second kappa shape index (κ2) is 11.3. The summed E-state index contributed by atoms with van der Waals surface area (Å²) in [4.78, 5) is 50.3. The number of methoxy groups -OCH3 is 1. The van der Waals surface area contributed by atoms with E-state index in [4.69, 9.17) is 14.2 Å². The van der Waals surface area contributed by atoms with Crippen molar-refractivity contribution in [2.24, 2.45) is 11.8 Å². The summed E-state index contributed by atoms with van der Waals surface area (Å²) in [6, 6.07) is 5.79. The van der Waals surface area contributed by atoms with Gasteiger partial charge in [-0.1, -0.05) is 26.0 Å². The Labute approximate surface area is 203 Å². The molecule has 1 N–H and O–H groups in total. The number of hydrogen-bond acceptors (Lipinski definition) is 9. The molecular weight excluding hydrogens is 456 g/mol. The van der Waals surface area contributed by atoms with Crippen molar-refractivity contribution in [3.05, 3.63) is 62.5 Å². The summed E-state index contributed by atoms with van der Waals surface area (Å²) in [5.41, 5.74) is 1.65. The topological polar surface area (TPSA) is 134 Å². The summed E-state index contributed by atoms with van der Waals surface area (Å²) < 4.78 is 15.7. The summed E-state index contributed by atoms with van der Waals surface area (Å²) in [6.45, 7) is 6.21. The molecule has 1 aromatic carbocycles. The Balaban J connectivity index is 2.07. The number of nitrogens with zero attached hydrogens (tertiary/aromatic N) is 1. The SMILES string of the molecule is CCCOCCOC(=O)C1=C(C)NC2=C(C(=O)[C@@H](C(=O)OC)[C@H](C)C2)[C@@H]1c1cccc([N+](=O)[O-])c1. The third-order valence-corrected chi connectivity index (χ3v) is 6.19. The van der Waals surface area contributed by atoms with Gasteiger partial charge in [-0.3, -0.25) is 19.7 Å². The first-order valence-electron chi connectivity index (χ1n) is 11.5. The van der Waals surface area contributed by atoms with Gasteiger partial charge in [0.15, 0.2) is 5.78 Å². The fraction of sp³-hybridized carbons (Fsp3) is 0.480. The zero-order valence-electron chi connectivity index (χ0n) is 20.3. The van der Waals surface area contributed by atoms with Crippen LogP contribution in [0.2, 0.25) is 0 Å². The molecule has 0 spiro atoms. The molecule has 10 nitrogen and oxygen atoms in total. The number of nitro benzene ring substituents is 1. The van der Waals surface area contributed by atoms with Crippen LogP contribution in [0.4, 0.5) is 5.69 Å². The van der Waals surface area contributed by atoms with Gasteiger partial charge in [0.05, 0.1) is 24.2 Å². The first-order chi connectivity index (χ1) is 16.7. The van der Waals surface area contributed by atoms with Gasteiger partial charge >= 0.3 is 11.9 Å². The highest BCUT2D eigenvalue weighted by atomic mass is 16.6. The van der Waals surface area contributed by atoms with E-state index >= 15 is 0 Å². The fourth-order valence-corrected chi connectivity index (χ4v) is 4.62. The number of nitro groups is 1. The molecule has 0 saturated carbocycles. The molecule has 1 aromatic rings. The van der Waals surface area contributed by atoms with Crippen molar-refractivity contribution < 1.29 is 33.5 Å². The third-order valence-electron chi connectivity index (χ3n) is 6.19. The van der Waals surface area contributed by atoms with Crippen molar-refractivity contribution in [1.82, 2.24) is 5.32 Å². The molecule has 1 aliphatic heterocycles. The lowest BCUT2D eigenvalue weighted by Gasteiger charge is -2.38. The second-order valence-electron chi connectivity index (χ2n) is 8.64. The molecule has 35 heavy (non-hydrogen) atoms. The van der Waals surface area contributed by atoms with Crippen LogP contribution in [0.15, 0.2) is 46.8 Å². The number of ketones is 1. The van der Waals surface area contributed by atoms with Crippen LogP contribution in [0.5, 0.6) is 0 Å². The zero-order chi connectivity index (χ0) is 25.7. The van der Waals surface area contributed by atoms with Gasteiger partial charge in [-0.15, -0.1) is 0 Å². The minimum absolute atomic E-state index is 0.0128. The van der Waals surface area contributed by atoms with Crippen LogP contribution in [-0.4, -0.2) is 49.6 Å². The van der Waals surface area contributed by atoms with Crippen molar-refractivity contribution in [2.75, 3.05) is 26.9 Å². The first kappa shape index (κ1) is 26.1. The van der Waals surface area contributed by atoms with Crippen LogP contribution in [-0.2, 0) is 28.6 Å². The molecule has 0 fully saturated rings. The van der Waals surface area contributed by atoms with Crippen molar-refractivity contribution in [1.29, 1.82) is 0 Å². The highest BCUT2D eigenvalue weighted by Crippen LogP contribution is 2.45. The maximum Gasteiger partial charge on any atom is 0.336 e. The number of carbonyl (C=O) groups excluding carboxylic acids is 3. The van der Waals surface area contributed by atoms with Gasteiger partial charge in [0.2, 0.25) is 0 Å². The van der Waals surface area contributed by atoms with E-state index < -0.39 is 34.5 Å². The Bertz CT molecular complexity index is 1090. The molecule has 0 aromatic heterocycles. The number of hydrogen-bond donors (Lipinski definition) is 1. The molecule has 3 atom stereocenters. The predicted molar refractivity (Wildman–Crippen MR) is 125 cm³/mol. The van der Waals surface area contributed by atoms with Gasteiger partial charge in [-0.2, -0.15) is 0 Å². The Morgan fingerprint density at radius 3 is 2.63 bits per heavy atom. The van der Waals surface area contributed by atoms with Crippen LogP contribution >= 0.6 is 0 Å². The average Bonchev–Trinajstić information content (AvgIpc) is 2.82. The Morgan fingerprint density at radius 2 is 1.97 bits per heavy atom. The molecule has 2 aliphatic rings. The summed E-state index contributed by atoms with van der Waals surface area (Å²) in [6.07, 6.45) is 1.20. The van der Waals surface area contributed by atoms with E-state index in [0.717, 1.165) is 6.42 Å². The standard InChI is InChI=1S/C25H30N2O8/c1-5-9-34-10-11-35-25(30)20-15(3)26-18-12-14(2)19(24(29)33-4)23(28)22(18)21(20)16-7-6-8-17(13-16)27(31)32/h6-8,13-14,19,21,26H,5,9-12H2,1-4H3/t14-,19+,21-/m1/s1. The summed E-state index contributed by atoms with van der Waals surface area (Å²) in [5.74, 6) is -4.11. The zero-order valence-corrected chi connectivity index (χ0v) is 20.3. The first-order valence-corrected chi connectivity index (χ1v) is 11.5. The molecular formula is C25H30N2O8. The highest BCUT2D eigenvalue weighted by Gasteiger charge is 2.47. The number of rotatable bonds is 9. The number of carbonyl (C=O) groups is 3. The van der Waals surface area contributed by atoms with E-state index in [1.807, 2.05) is 6.92 Å². The summed E-state index contributed by atoms with van der Waals surface area (Å²) >= 11 is 0. The number of Topliss-reactive ketones (excluding diaryl/α,β-unsaturated/α-hetero) is 1. The number of nitrogens with one attached hydrogen (secondary N) is 1. The van der Waals surface area contributed by atoms with Crippen LogP contribution < -0.4 is 5.32 Å². The summed E-state index contributed by atoms with van der Waals surface area (Å²) in [7, 11) is 1.22. The van der Waals surface area contributed by atoms with Gasteiger partial charge in [0.25, 0.3) is 5.69 Å². The van der Waals surface area contributed by atoms with Crippen LogP contribution in [0, 0.1) is 22.0 Å². The molecule has 10 heteroatoms. The fourth-order valence-electron chi connectivity index (χ4n) is 4.62. The summed E-state index contributed by atoms with van der Waals surface area (Å²) in [5, 5.41) is 14.6. The maximum absolute atomic E-state index is 13.7. The van der Waals surface area contributed by atoms with Crippen molar-refractivity contribution in [2.45, 2.75) is 39.5 Å². The minimum Gasteiger partial charge on any atom is -0.468 e. The smallest absolute Gasteiger partial charge is 0.336 e. The van der Waals surface area contributed by atoms with Crippen LogP contribution in [0.3, 0.4) is 0 Å². The number of dihydropyridines is 1. The minimum atomic E-state index is -1.04. The number of esters is 2. The third kappa shape index (κ3) is 5.43. The quantitative estimate of drug-likeness (QED) is 0.184. The lowest BCUT2D eigenvalue weighted by molar-refractivity contribution is -0.384. The van der Waals surface area contributed by atoms with Crippen molar-refractivity contribution >= 4 is 23.4 Å². The van der Waals surface area contributed by atoms with Gasteiger partial charge in [0, 0.05) is 41.6 Å². The Kier molecular flexibility index (Phi) is 8.39. The Hall–Kier alpha value is -3.53. The molecule has 0 saturated heterocycles. The van der Waals surface area contributed by atoms with Gasteiger partial charge in [0.1, 0.15) is 12.5 Å². The lowest BCUT2D eigenvalue weighted by atomic mass is 9.69. The van der Waals surface area contributed by atoms with Crippen LogP contribution in [0.1, 0.15) is 45.1 Å². The molecule has 0 bridgehead atoms. The molecule has 1 aliphatic carbocycles. The van der Waals surface area contributed by atoms with E-state index in [0.29, 0.717) is 30.0 Å². The van der Waals surface area contributed by atoms with E-state index in [-0.39, 0.29) is 36.0 Å². The molecule has 0 radical (unpaired) electrons. The molecule has 1 heterocycles. The van der Waals surface area contributed by atoms with Crippen molar-refractivity contribution in [3.63, 3.8) is 0 Å². The molecule has 0 unspecified atom stereocenters. The molecule has 0 amide bonds. The number of non-ortho nitro benzene ring substituents is 1. The van der Waals surface area contributed by atoms with Crippen LogP contribution in [0.25, 0.3) is 0 Å². The lowest BCUT2D eigenvalue weighted by Crippen LogP contribution is -2.43. The predicted octanol–water partition coefficient (Wildman–Crippen LogP) is 3.18. The van der Waals surface area contributed by atoms with Gasteiger partial charge in [-0.25, -0.2) is 4.79 Å². The maximum atomic E-state index is 13.7. The number of ether oxygens (including phenoxy) is 3. The van der Waals surface area contributed by atoms with Crippen molar-refractivity contribution in [3.8, 4) is 0 Å². The average molecular weight is 487 g/mol. The Morgan fingerprint density at radius 1 is 1.23 bits per heavy atom. The normalized spacial score (nSPS) is 21.8. The highest BCUT2D eigenvalue weighted by molar-refractivity contribution is 6.12. The van der Waals surface area contributed by atoms with Gasteiger partial charge < -0.3 is 19.5 Å². The molecule has 188 valence electrons. The van der Waals surface area contributed by atoms with E-state index in [1.54, 1.807) is 19.9 Å². The van der Waals surface area contributed by atoms with E-state index in [1.165, 1.54) is 25.3 Å². The van der Waals surface area contributed by atoms with E-state index in [2.05, 4.69) is 5.32 Å². The largest absolute Gasteiger partial charge is 0.468 e. The van der Waals surface area contributed by atoms with Gasteiger partial charge in [-0.05, 0) is 31.2 Å². The molecule has 3 rings (SSSR count).